The normalized spacial score (nSPS) is 12.2. The number of alkyl halides is 3. The van der Waals surface area contributed by atoms with Crippen LogP contribution in [-0.4, -0.2) is 33.8 Å². The molecule has 1 unspecified atom stereocenters. The first-order chi connectivity index (χ1) is 16.1. The highest BCUT2D eigenvalue weighted by Crippen LogP contribution is 2.30. The summed E-state index contributed by atoms with van der Waals surface area (Å²) in [5.74, 6) is -0.159. The summed E-state index contributed by atoms with van der Waals surface area (Å²) in [5, 5.41) is 9.31. The van der Waals surface area contributed by atoms with E-state index in [9.17, 15) is 18.0 Å². The van der Waals surface area contributed by atoms with Crippen LogP contribution in [-0.2, 0) is 19.3 Å². The van der Waals surface area contributed by atoms with E-state index in [1.54, 1.807) is 55.5 Å². The topological polar surface area (TPSA) is 94.2 Å². The van der Waals surface area contributed by atoms with Gasteiger partial charge in [0, 0.05) is 24.7 Å². The Balaban J connectivity index is 1.89. The Kier molecular flexibility index (Phi) is 7.90. The molecule has 0 aliphatic rings. The largest absolute Gasteiger partial charge is 0.496 e. The summed E-state index contributed by atoms with van der Waals surface area (Å²) in [6.07, 6.45) is -4.72. The standard InChI is InChI=1S/C23H24F3N5O2S/c1-14(27)22(34)29-12-15-6-5-8-17(10-15)31-18(11-20(30-31)23(24,25)26)21(32)28-13-16-7-3-4-9-19(16)33-2/h3-11,14H,12-13,27H2,1-2H3,(H,28,32)(H,29,34). The highest BCUT2D eigenvalue weighted by atomic mass is 32.1. The number of nitrogens with two attached hydrogens (primary N) is 1. The van der Waals surface area contributed by atoms with Gasteiger partial charge in [0.1, 0.15) is 11.4 Å². The summed E-state index contributed by atoms with van der Waals surface area (Å²) in [7, 11) is 1.49. The molecule has 2 aromatic carbocycles. The molecule has 7 nitrogen and oxygen atoms in total. The molecule has 11 heteroatoms. The summed E-state index contributed by atoms with van der Waals surface area (Å²) >= 11 is 5.15. The van der Waals surface area contributed by atoms with E-state index < -0.39 is 17.8 Å². The Morgan fingerprint density at radius 3 is 2.56 bits per heavy atom. The minimum absolute atomic E-state index is 0.0635. The molecule has 1 atom stereocenters. The van der Waals surface area contributed by atoms with Crippen molar-refractivity contribution in [2.24, 2.45) is 5.73 Å². The van der Waals surface area contributed by atoms with Gasteiger partial charge in [-0.1, -0.05) is 42.5 Å². The Bertz CT molecular complexity index is 1180. The van der Waals surface area contributed by atoms with Gasteiger partial charge in [-0.2, -0.15) is 18.3 Å². The van der Waals surface area contributed by atoms with Crippen molar-refractivity contribution >= 4 is 23.1 Å². The molecule has 0 saturated heterocycles. The van der Waals surface area contributed by atoms with Crippen molar-refractivity contribution in [2.45, 2.75) is 32.2 Å². The van der Waals surface area contributed by atoms with Gasteiger partial charge in [0.2, 0.25) is 0 Å². The third-order valence-corrected chi connectivity index (χ3v) is 5.42. The van der Waals surface area contributed by atoms with E-state index in [1.807, 2.05) is 0 Å². The predicted molar refractivity (Wildman–Crippen MR) is 126 cm³/mol. The summed E-state index contributed by atoms with van der Waals surface area (Å²) in [4.78, 5) is 13.4. The number of aromatic nitrogens is 2. The first kappa shape index (κ1) is 25.2. The number of rotatable bonds is 8. The Labute approximate surface area is 200 Å². The number of amides is 1. The van der Waals surface area contributed by atoms with Gasteiger partial charge in [-0.3, -0.25) is 4.79 Å². The first-order valence-electron chi connectivity index (χ1n) is 10.3. The number of benzene rings is 2. The highest BCUT2D eigenvalue weighted by Gasteiger charge is 2.36. The number of hydrogen-bond donors (Lipinski definition) is 3. The van der Waals surface area contributed by atoms with Crippen LogP contribution in [0.2, 0.25) is 0 Å². The van der Waals surface area contributed by atoms with Crippen LogP contribution in [0.1, 0.15) is 34.2 Å². The van der Waals surface area contributed by atoms with Crippen molar-refractivity contribution in [3.05, 3.63) is 77.1 Å². The zero-order chi connectivity index (χ0) is 24.9. The lowest BCUT2D eigenvalue weighted by molar-refractivity contribution is -0.141. The SMILES string of the molecule is COc1ccccc1CNC(=O)c1cc(C(F)(F)F)nn1-c1cccc(CNC(=S)C(C)N)c1. The zero-order valence-corrected chi connectivity index (χ0v) is 19.3. The molecular formula is C23H24F3N5O2S. The molecule has 0 fully saturated rings. The average Bonchev–Trinajstić information content (AvgIpc) is 3.27. The van der Waals surface area contributed by atoms with Crippen LogP contribution in [0.3, 0.4) is 0 Å². The van der Waals surface area contributed by atoms with Gasteiger partial charge in [0.05, 0.1) is 23.8 Å². The fourth-order valence-corrected chi connectivity index (χ4v) is 3.21. The highest BCUT2D eigenvalue weighted by molar-refractivity contribution is 7.80. The molecule has 0 radical (unpaired) electrons. The van der Waals surface area contributed by atoms with Crippen LogP contribution in [0.25, 0.3) is 5.69 Å². The average molecular weight is 492 g/mol. The van der Waals surface area contributed by atoms with Gasteiger partial charge < -0.3 is 21.1 Å². The van der Waals surface area contributed by atoms with Crippen LogP contribution in [0.5, 0.6) is 5.75 Å². The maximum Gasteiger partial charge on any atom is 0.435 e. The minimum Gasteiger partial charge on any atom is -0.496 e. The van der Waals surface area contributed by atoms with Crippen molar-refractivity contribution < 1.29 is 22.7 Å². The molecule has 0 saturated carbocycles. The van der Waals surface area contributed by atoms with Crippen LogP contribution < -0.4 is 21.1 Å². The van der Waals surface area contributed by atoms with E-state index in [0.29, 0.717) is 28.5 Å². The second-order valence-corrected chi connectivity index (χ2v) is 7.94. The van der Waals surface area contributed by atoms with Gasteiger partial charge in [-0.15, -0.1) is 0 Å². The first-order valence-corrected chi connectivity index (χ1v) is 10.7. The maximum absolute atomic E-state index is 13.4. The van der Waals surface area contributed by atoms with E-state index in [2.05, 4.69) is 15.7 Å². The summed E-state index contributed by atoms with van der Waals surface area (Å²) in [6, 6.07) is 14.0. The summed E-state index contributed by atoms with van der Waals surface area (Å²) < 4.78 is 46.5. The summed E-state index contributed by atoms with van der Waals surface area (Å²) in [6.45, 7) is 2.12. The van der Waals surface area contributed by atoms with Gasteiger partial charge in [0.15, 0.2) is 5.69 Å². The number of methoxy groups -OCH3 is 1. The van der Waals surface area contributed by atoms with E-state index in [0.717, 1.165) is 16.3 Å². The van der Waals surface area contributed by atoms with E-state index in [-0.39, 0.29) is 18.3 Å². The van der Waals surface area contributed by atoms with Crippen molar-refractivity contribution in [1.82, 2.24) is 20.4 Å². The van der Waals surface area contributed by atoms with Crippen LogP contribution in [0, 0.1) is 0 Å². The number of para-hydroxylation sites is 1. The number of hydrogen-bond acceptors (Lipinski definition) is 5. The van der Waals surface area contributed by atoms with Crippen LogP contribution in [0.4, 0.5) is 13.2 Å². The lowest BCUT2D eigenvalue weighted by atomic mass is 10.2. The number of ether oxygens (including phenoxy) is 1. The zero-order valence-electron chi connectivity index (χ0n) is 18.5. The molecule has 180 valence electrons. The summed E-state index contributed by atoms with van der Waals surface area (Å²) in [5.41, 5.74) is 6.01. The van der Waals surface area contributed by atoms with Gasteiger partial charge in [0.25, 0.3) is 5.91 Å². The molecule has 3 aromatic rings. The molecule has 0 aliphatic heterocycles. The number of carbonyl (C=O) groups is 1. The monoisotopic (exact) mass is 491 g/mol. The number of thiocarbonyl (C=S) groups is 1. The number of nitrogens with zero attached hydrogens (tertiary/aromatic N) is 2. The predicted octanol–water partition coefficient (Wildman–Crippen LogP) is 3.59. The van der Waals surface area contributed by atoms with E-state index in [1.165, 1.54) is 7.11 Å². The van der Waals surface area contributed by atoms with Crippen molar-refractivity contribution in [2.75, 3.05) is 7.11 Å². The number of carbonyl (C=O) groups excluding carboxylic acids is 1. The molecule has 1 heterocycles. The molecule has 34 heavy (non-hydrogen) atoms. The number of halogens is 3. The van der Waals surface area contributed by atoms with Crippen molar-refractivity contribution in [3.63, 3.8) is 0 Å². The molecule has 0 aliphatic carbocycles. The number of nitrogens with one attached hydrogen (secondary N) is 2. The quantitative estimate of drug-likeness (QED) is 0.417. The lowest BCUT2D eigenvalue weighted by Gasteiger charge is -2.13. The molecule has 0 spiro atoms. The van der Waals surface area contributed by atoms with Crippen molar-refractivity contribution in [3.8, 4) is 11.4 Å². The third-order valence-electron chi connectivity index (χ3n) is 4.90. The smallest absolute Gasteiger partial charge is 0.435 e. The second kappa shape index (κ2) is 10.7. The fraction of sp³-hybridized carbons (Fsp3) is 0.261. The van der Waals surface area contributed by atoms with Gasteiger partial charge in [-0.05, 0) is 30.7 Å². The minimum atomic E-state index is -4.72. The second-order valence-electron chi connectivity index (χ2n) is 7.50. The van der Waals surface area contributed by atoms with Crippen LogP contribution >= 0.6 is 12.2 Å². The third kappa shape index (κ3) is 6.12. The molecular weight excluding hydrogens is 467 g/mol. The van der Waals surface area contributed by atoms with Gasteiger partial charge in [-0.25, -0.2) is 4.68 Å². The molecule has 1 amide bonds. The Morgan fingerprint density at radius 1 is 1.15 bits per heavy atom. The van der Waals surface area contributed by atoms with E-state index >= 15 is 0 Å². The molecule has 4 N–H and O–H groups in total. The van der Waals surface area contributed by atoms with Crippen molar-refractivity contribution in [1.29, 1.82) is 0 Å². The Morgan fingerprint density at radius 2 is 1.88 bits per heavy atom. The molecule has 1 aromatic heterocycles. The molecule has 3 rings (SSSR count). The Hall–Kier alpha value is -3.44. The van der Waals surface area contributed by atoms with Gasteiger partial charge >= 0.3 is 6.18 Å². The fourth-order valence-electron chi connectivity index (χ4n) is 3.14. The molecule has 0 bridgehead atoms. The van der Waals surface area contributed by atoms with Crippen LogP contribution in [0.15, 0.2) is 54.6 Å². The lowest BCUT2D eigenvalue weighted by Crippen LogP contribution is -2.36. The maximum atomic E-state index is 13.4. The van der Waals surface area contributed by atoms with E-state index in [4.69, 9.17) is 22.7 Å².